The first-order valence-corrected chi connectivity index (χ1v) is 4.09. The highest BCUT2D eigenvalue weighted by Gasteiger charge is 2.14. The Morgan fingerprint density at radius 3 is 3.33 bits per heavy atom. The number of hydrogen-bond donors (Lipinski definition) is 1. The molecular weight excluding hydrogens is 154 g/mol. The third-order valence-corrected chi connectivity index (χ3v) is 2.05. The van der Waals surface area contributed by atoms with Crippen molar-refractivity contribution in [3.05, 3.63) is 11.8 Å². The van der Waals surface area contributed by atoms with Crippen LogP contribution in [0.4, 0.5) is 5.82 Å². The summed E-state index contributed by atoms with van der Waals surface area (Å²) in [5, 5.41) is 6.98. The number of amides is 1. The summed E-state index contributed by atoms with van der Waals surface area (Å²) < 4.78 is 1.85. The van der Waals surface area contributed by atoms with Gasteiger partial charge in [-0.2, -0.15) is 5.10 Å². The number of nitrogens with one attached hydrogen (secondary N) is 1. The van der Waals surface area contributed by atoms with Crippen LogP contribution in [0.2, 0.25) is 0 Å². The van der Waals surface area contributed by atoms with Crippen LogP contribution in [0.25, 0.3) is 0 Å². The third kappa shape index (κ3) is 1.09. The molecule has 0 atom stereocenters. The minimum Gasteiger partial charge on any atom is -0.311 e. The summed E-state index contributed by atoms with van der Waals surface area (Å²) in [6, 6.07) is 0. The van der Waals surface area contributed by atoms with Crippen molar-refractivity contribution in [2.75, 3.05) is 5.32 Å². The second-order valence-electron chi connectivity index (χ2n) is 3.05. The van der Waals surface area contributed by atoms with Crippen LogP contribution in [-0.4, -0.2) is 15.7 Å². The van der Waals surface area contributed by atoms with Crippen LogP contribution >= 0.6 is 0 Å². The fraction of sp³-hybridized carbons (Fsp3) is 0.500. The van der Waals surface area contributed by atoms with Gasteiger partial charge in [0.1, 0.15) is 5.82 Å². The number of aromatic nitrogens is 2. The zero-order valence-electron chi connectivity index (χ0n) is 7.00. The van der Waals surface area contributed by atoms with Crippen molar-refractivity contribution in [1.29, 1.82) is 0 Å². The van der Waals surface area contributed by atoms with Gasteiger partial charge < -0.3 is 5.32 Å². The highest BCUT2D eigenvalue weighted by molar-refractivity contribution is 5.90. The van der Waals surface area contributed by atoms with Crippen molar-refractivity contribution in [1.82, 2.24) is 9.78 Å². The minimum atomic E-state index is 0.0948. The molecule has 0 aliphatic carbocycles. The number of rotatable bonds is 0. The Balaban J connectivity index is 2.40. The summed E-state index contributed by atoms with van der Waals surface area (Å²) >= 11 is 0. The van der Waals surface area contributed by atoms with Gasteiger partial charge in [-0.25, -0.2) is 4.68 Å². The van der Waals surface area contributed by atoms with E-state index in [-0.39, 0.29) is 5.91 Å². The van der Waals surface area contributed by atoms with E-state index in [4.69, 9.17) is 0 Å². The highest BCUT2D eigenvalue weighted by Crippen LogP contribution is 2.17. The van der Waals surface area contributed by atoms with Gasteiger partial charge in [0.2, 0.25) is 5.91 Å². The predicted molar refractivity (Wildman–Crippen MR) is 44.8 cm³/mol. The van der Waals surface area contributed by atoms with Crippen LogP contribution in [0.1, 0.15) is 18.4 Å². The van der Waals surface area contributed by atoms with Gasteiger partial charge in [0.05, 0.1) is 6.20 Å². The Bertz CT molecular complexity index is 316. The number of aryl methyl sites for hydroxylation is 2. The predicted octanol–water partition coefficient (Wildman–Crippen LogP) is 0.924. The fourth-order valence-corrected chi connectivity index (χ4v) is 1.40. The summed E-state index contributed by atoms with van der Waals surface area (Å²) in [7, 11) is 0. The molecule has 12 heavy (non-hydrogen) atoms. The molecule has 0 radical (unpaired) electrons. The van der Waals surface area contributed by atoms with E-state index in [1.807, 2.05) is 11.6 Å². The lowest BCUT2D eigenvalue weighted by molar-refractivity contribution is -0.116. The highest BCUT2D eigenvalue weighted by atomic mass is 16.1. The molecule has 64 valence electrons. The van der Waals surface area contributed by atoms with Crippen molar-refractivity contribution in [2.24, 2.45) is 0 Å². The molecule has 0 spiro atoms. The number of carbonyl (C=O) groups is 1. The standard InChI is InChI=1S/C8H11N3O/c1-6-5-9-11-4-2-3-7(12)10-8(6)11/h5H,2-4H2,1H3,(H,10,12). The van der Waals surface area contributed by atoms with Gasteiger partial charge in [-0.1, -0.05) is 0 Å². The van der Waals surface area contributed by atoms with Crippen molar-refractivity contribution in [3.8, 4) is 0 Å². The first kappa shape index (κ1) is 7.34. The van der Waals surface area contributed by atoms with E-state index in [1.165, 1.54) is 0 Å². The van der Waals surface area contributed by atoms with Gasteiger partial charge in [0, 0.05) is 18.5 Å². The smallest absolute Gasteiger partial charge is 0.225 e. The fourth-order valence-electron chi connectivity index (χ4n) is 1.40. The number of nitrogens with zero attached hydrogens (tertiary/aromatic N) is 2. The molecule has 0 unspecified atom stereocenters. The molecule has 0 bridgehead atoms. The van der Waals surface area contributed by atoms with Gasteiger partial charge in [0.15, 0.2) is 0 Å². The maximum absolute atomic E-state index is 11.1. The molecule has 0 saturated heterocycles. The first-order chi connectivity index (χ1) is 5.77. The molecular formula is C8H11N3O. The molecule has 1 aliphatic heterocycles. The molecule has 2 rings (SSSR count). The van der Waals surface area contributed by atoms with Crippen molar-refractivity contribution in [2.45, 2.75) is 26.3 Å². The second-order valence-corrected chi connectivity index (χ2v) is 3.05. The molecule has 4 nitrogen and oxygen atoms in total. The van der Waals surface area contributed by atoms with E-state index in [1.54, 1.807) is 6.20 Å². The van der Waals surface area contributed by atoms with E-state index < -0.39 is 0 Å². The molecule has 0 saturated carbocycles. The van der Waals surface area contributed by atoms with Gasteiger partial charge in [0.25, 0.3) is 0 Å². The lowest BCUT2D eigenvalue weighted by Gasteiger charge is -2.02. The number of anilines is 1. The molecule has 4 heteroatoms. The lowest BCUT2D eigenvalue weighted by Crippen LogP contribution is -2.10. The van der Waals surface area contributed by atoms with Crippen LogP contribution in [0.5, 0.6) is 0 Å². The van der Waals surface area contributed by atoms with Crippen molar-refractivity contribution < 1.29 is 4.79 Å². The number of hydrogen-bond acceptors (Lipinski definition) is 2. The van der Waals surface area contributed by atoms with Crippen LogP contribution in [-0.2, 0) is 11.3 Å². The quantitative estimate of drug-likeness (QED) is 0.621. The first-order valence-electron chi connectivity index (χ1n) is 4.09. The summed E-state index contributed by atoms with van der Waals surface area (Å²) in [4.78, 5) is 11.1. The van der Waals surface area contributed by atoms with Crippen molar-refractivity contribution >= 4 is 11.7 Å². The van der Waals surface area contributed by atoms with Crippen LogP contribution < -0.4 is 5.32 Å². The molecule has 0 fully saturated rings. The average molecular weight is 165 g/mol. The van der Waals surface area contributed by atoms with E-state index >= 15 is 0 Å². The van der Waals surface area contributed by atoms with E-state index in [0.29, 0.717) is 6.42 Å². The molecule has 1 aromatic heterocycles. The summed E-state index contributed by atoms with van der Waals surface area (Å²) in [5.74, 6) is 0.954. The molecule has 0 aromatic carbocycles. The maximum Gasteiger partial charge on any atom is 0.225 e. The third-order valence-electron chi connectivity index (χ3n) is 2.05. The molecule has 1 aliphatic rings. The number of carbonyl (C=O) groups excluding carboxylic acids is 1. The monoisotopic (exact) mass is 165 g/mol. The molecule has 2 heterocycles. The number of fused-ring (bicyclic) bond motifs is 1. The largest absolute Gasteiger partial charge is 0.311 e. The molecule has 1 N–H and O–H groups in total. The normalized spacial score (nSPS) is 16.6. The summed E-state index contributed by atoms with van der Waals surface area (Å²) in [6.45, 7) is 2.78. The zero-order valence-corrected chi connectivity index (χ0v) is 7.00. The minimum absolute atomic E-state index is 0.0948. The Hall–Kier alpha value is -1.32. The van der Waals surface area contributed by atoms with Gasteiger partial charge in [-0.15, -0.1) is 0 Å². The van der Waals surface area contributed by atoms with Crippen LogP contribution in [0.3, 0.4) is 0 Å². The zero-order chi connectivity index (χ0) is 8.55. The average Bonchev–Trinajstić information content (AvgIpc) is 2.31. The SMILES string of the molecule is Cc1cnn2c1NC(=O)CCC2. The Morgan fingerprint density at radius 2 is 2.50 bits per heavy atom. The van der Waals surface area contributed by atoms with Gasteiger partial charge >= 0.3 is 0 Å². The maximum atomic E-state index is 11.1. The molecule has 1 amide bonds. The van der Waals surface area contributed by atoms with Crippen LogP contribution in [0, 0.1) is 6.92 Å². The Labute approximate surface area is 70.6 Å². The molecule has 1 aromatic rings. The topological polar surface area (TPSA) is 46.9 Å². The summed E-state index contributed by atoms with van der Waals surface area (Å²) in [5.41, 5.74) is 1.03. The Morgan fingerprint density at radius 1 is 1.67 bits per heavy atom. The lowest BCUT2D eigenvalue weighted by atomic mass is 10.3. The van der Waals surface area contributed by atoms with E-state index in [2.05, 4.69) is 10.4 Å². The van der Waals surface area contributed by atoms with E-state index in [9.17, 15) is 4.79 Å². The second kappa shape index (κ2) is 2.62. The van der Waals surface area contributed by atoms with E-state index in [0.717, 1.165) is 24.3 Å². The van der Waals surface area contributed by atoms with Crippen molar-refractivity contribution in [3.63, 3.8) is 0 Å². The van der Waals surface area contributed by atoms with Gasteiger partial charge in [-0.05, 0) is 13.3 Å². The van der Waals surface area contributed by atoms with Crippen LogP contribution in [0.15, 0.2) is 6.20 Å². The summed E-state index contributed by atoms with van der Waals surface area (Å²) in [6.07, 6.45) is 3.25. The Kier molecular flexibility index (Phi) is 1.60. The van der Waals surface area contributed by atoms with Gasteiger partial charge in [-0.3, -0.25) is 4.79 Å².